The van der Waals surface area contributed by atoms with Gasteiger partial charge in [0.1, 0.15) is 5.54 Å². The summed E-state index contributed by atoms with van der Waals surface area (Å²) in [6.45, 7) is 4.99. The number of carbonyl (C=O) groups excluding carboxylic acids is 1. The third kappa shape index (κ3) is 2.94. The van der Waals surface area contributed by atoms with Gasteiger partial charge in [-0.1, -0.05) is 19.8 Å². The molecule has 0 bridgehead atoms. The fraction of sp³-hybridized carbons (Fsp3) is 0.846. The van der Waals surface area contributed by atoms with Crippen molar-refractivity contribution in [2.24, 2.45) is 0 Å². The molecule has 1 fully saturated rings. The van der Waals surface area contributed by atoms with Crippen LogP contribution in [0.4, 0.5) is 4.79 Å². The normalized spacial score (nSPS) is 23.2. The summed E-state index contributed by atoms with van der Waals surface area (Å²) in [5.41, 5.74) is -1.03. The van der Waals surface area contributed by atoms with E-state index in [9.17, 15) is 14.7 Å². The minimum absolute atomic E-state index is 0.159. The predicted molar refractivity (Wildman–Crippen MR) is 69.5 cm³/mol. The maximum absolute atomic E-state index is 12.2. The lowest BCUT2D eigenvalue weighted by Gasteiger charge is -2.34. The second-order valence-corrected chi connectivity index (χ2v) is 5.25. The molecule has 5 heteroatoms. The molecule has 104 valence electrons. The third-order valence-corrected chi connectivity index (χ3v) is 3.76. The molecule has 0 aromatic rings. The molecule has 0 spiro atoms. The highest BCUT2D eigenvalue weighted by Crippen LogP contribution is 2.30. The van der Waals surface area contributed by atoms with Crippen molar-refractivity contribution in [3.05, 3.63) is 0 Å². The van der Waals surface area contributed by atoms with Crippen molar-refractivity contribution < 1.29 is 14.7 Å². The molecule has 1 saturated heterocycles. The Kier molecular flexibility index (Phi) is 4.99. The summed E-state index contributed by atoms with van der Waals surface area (Å²) in [5, 5.41) is 9.28. The summed E-state index contributed by atoms with van der Waals surface area (Å²) in [6, 6.07) is -0.159. The lowest BCUT2D eigenvalue weighted by Crippen LogP contribution is -2.54. The van der Waals surface area contributed by atoms with Crippen LogP contribution in [-0.2, 0) is 4.79 Å². The molecule has 2 amide bonds. The van der Waals surface area contributed by atoms with Gasteiger partial charge in [0.15, 0.2) is 0 Å². The van der Waals surface area contributed by atoms with Gasteiger partial charge >= 0.3 is 12.0 Å². The van der Waals surface area contributed by atoms with Gasteiger partial charge in [-0.05, 0) is 26.2 Å². The summed E-state index contributed by atoms with van der Waals surface area (Å²) in [4.78, 5) is 26.7. The van der Waals surface area contributed by atoms with Gasteiger partial charge in [-0.2, -0.15) is 0 Å². The van der Waals surface area contributed by atoms with Crippen LogP contribution in [0.15, 0.2) is 0 Å². The Balaban J connectivity index is 2.62. The van der Waals surface area contributed by atoms with Crippen LogP contribution in [0.2, 0.25) is 0 Å². The average molecular weight is 256 g/mol. The van der Waals surface area contributed by atoms with E-state index in [2.05, 4.69) is 6.92 Å². The first-order valence-corrected chi connectivity index (χ1v) is 6.69. The molecular weight excluding hydrogens is 232 g/mol. The number of urea groups is 1. The largest absolute Gasteiger partial charge is 0.480 e. The Morgan fingerprint density at radius 2 is 2.06 bits per heavy atom. The number of carbonyl (C=O) groups is 2. The number of hydrogen-bond acceptors (Lipinski definition) is 2. The quantitative estimate of drug-likeness (QED) is 0.767. The maximum atomic E-state index is 12.2. The lowest BCUT2D eigenvalue weighted by atomic mass is 10.00. The second kappa shape index (κ2) is 6.07. The molecule has 18 heavy (non-hydrogen) atoms. The minimum Gasteiger partial charge on any atom is -0.480 e. The van der Waals surface area contributed by atoms with E-state index >= 15 is 0 Å². The predicted octanol–water partition coefficient (Wildman–Crippen LogP) is 2.17. The maximum Gasteiger partial charge on any atom is 0.329 e. The van der Waals surface area contributed by atoms with Crippen molar-refractivity contribution in [1.82, 2.24) is 9.80 Å². The Morgan fingerprint density at radius 1 is 1.39 bits per heavy atom. The van der Waals surface area contributed by atoms with Crippen LogP contribution in [0.25, 0.3) is 0 Å². The van der Waals surface area contributed by atoms with Gasteiger partial charge in [0.2, 0.25) is 0 Å². The third-order valence-electron chi connectivity index (χ3n) is 3.76. The van der Waals surface area contributed by atoms with E-state index in [0.717, 1.165) is 25.7 Å². The van der Waals surface area contributed by atoms with Crippen LogP contribution in [-0.4, -0.2) is 52.6 Å². The first-order valence-electron chi connectivity index (χ1n) is 6.69. The zero-order chi connectivity index (χ0) is 13.8. The summed E-state index contributed by atoms with van der Waals surface area (Å²) < 4.78 is 0. The fourth-order valence-electron chi connectivity index (χ4n) is 2.39. The number of unbranched alkanes of at least 4 members (excludes halogenated alkanes) is 2. The van der Waals surface area contributed by atoms with Gasteiger partial charge in [-0.25, -0.2) is 9.59 Å². The van der Waals surface area contributed by atoms with Gasteiger partial charge in [-0.15, -0.1) is 0 Å². The monoisotopic (exact) mass is 256 g/mol. The van der Waals surface area contributed by atoms with Gasteiger partial charge in [-0.3, -0.25) is 0 Å². The zero-order valence-corrected chi connectivity index (χ0v) is 11.6. The highest BCUT2D eigenvalue weighted by Gasteiger charge is 2.46. The number of carboxylic acids is 1. The average Bonchev–Trinajstić information content (AvgIpc) is 2.72. The molecule has 1 unspecified atom stereocenters. The molecule has 5 nitrogen and oxygen atoms in total. The van der Waals surface area contributed by atoms with Crippen molar-refractivity contribution in [3.63, 3.8) is 0 Å². The van der Waals surface area contributed by atoms with E-state index in [0.29, 0.717) is 19.5 Å². The molecule has 0 aromatic heterocycles. The standard InChI is InChI=1S/C13H24N2O3/c1-4-5-6-9-14(3)12(18)15-10-7-8-13(15,2)11(16)17/h4-10H2,1-3H3,(H,16,17). The second-order valence-electron chi connectivity index (χ2n) is 5.25. The van der Waals surface area contributed by atoms with Crippen molar-refractivity contribution in [2.75, 3.05) is 20.1 Å². The van der Waals surface area contributed by atoms with Crippen LogP contribution in [0, 0.1) is 0 Å². The molecule has 1 heterocycles. The number of hydrogen-bond donors (Lipinski definition) is 1. The van der Waals surface area contributed by atoms with Gasteiger partial charge in [0, 0.05) is 20.1 Å². The molecule has 0 saturated carbocycles. The SMILES string of the molecule is CCCCCN(C)C(=O)N1CCCC1(C)C(=O)O. The van der Waals surface area contributed by atoms with Gasteiger partial charge < -0.3 is 14.9 Å². The number of nitrogens with zero attached hydrogens (tertiary/aromatic N) is 2. The Hall–Kier alpha value is -1.26. The topological polar surface area (TPSA) is 60.9 Å². The van der Waals surface area contributed by atoms with Gasteiger partial charge in [0.25, 0.3) is 0 Å². The van der Waals surface area contributed by atoms with Crippen LogP contribution in [0.1, 0.15) is 46.0 Å². The molecule has 1 atom stereocenters. The summed E-state index contributed by atoms with van der Waals surface area (Å²) >= 11 is 0. The number of rotatable bonds is 5. The molecule has 1 aliphatic rings. The van der Waals surface area contributed by atoms with E-state index in [1.165, 1.54) is 4.90 Å². The van der Waals surface area contributed by atoms with Crippen molar-refractivity contribution in [2.45, 2.75) is 51.5 Å². The summed E-state index contributed by atoms with van der Waals surface area (Å²) in [6.07, 6.45) is 4.47. The van der Waals surface area contributed by atoms with Crippen LogP contribution in [0.3, 0.4) is 0 Å². The fourth-order valence-corrected chi connectivity index (χ4v) is 2.39. The zero-order valence-electron chi connectivity index (χ0n) is 11.6. The molecule has 1 N–H and O–H groups in total. The van der Waals surface area contributed by atoms with E-state index in [1.807, 2.05) is 0 Å². The number of amides is 2. The first kappa shape index (κ1) is 14.8. The molecule has 0 radical (unpaired) electrons. The van der Waals surface area contributed by atoms with E-state index in [1.54, 1.807) is 18.9 Å². The van der Waals surface area contributed by atoms with Crippen LogP contribution < -0.4 is 0 Å². The number of carboxylic acid groups (broad SMARTS) is 1. The van der Waals surface area contributed by atoms with Crippen LogP contribution in [0.5, 0.6) is 0 Å². The van der Waals surface area contributed by atoms with E-state index in [-0.39, 0.29) is 6.03 Å². The number of aliphatic carboxylic acids is 1. The summed E-state index contributed by atoms with van der Waals surface area (Å²) in [5.74, 6) is -0.907. The molecule has 1 aliphatic heterocycles. The van der Waals surface area contributed by atoms with Crippen molar-refractivity contribution in [1.29, 1.82) is 0 Å². The smallest absolute Gasteiger partial charge is 0.329 e. The molecular formula is C13H24N2O3. The summed E-state index contributed by atoms with van der Waals surface area (Å²) in [7, 11) is 1.75. The highest BCUT2D eigenvalue weighted by atomic mass is 16.4. The first-order chi connectivity index (χ1) is 8.43. The molecule has 0 aliphatic carbocycles. The van der Waals surface area contributed by atoms with E-state index < -0.39 is 11.5 Å². The van der Waals surface area contributed by atoms with Gasteiger partial charge in [0.05, 0.1) is 0 Å². The van der Waals surface area contributed by atoms with Crippen molar-refractivity contribution in [3.8, 4) is 0 Å². The highest BCUT2D eigenvalue weighted by molar-refractivity contribution is 5.86. The number of likely N-dealkylation sites (tertiary alicyclic amines) is 1. The lowest BCUT2D eigenvalue weighted by molar-refractivity contribution is -0.147. The molecule has 1 rings (SSSR count). The van der Waals surface area contributed by atoms with Crippen LogP contribution >= 0.6 is 0 Å². The van der Waals surface area contributed by atoms with Crippen molar-refractivity contribution >= 4 is 12.0 Å². The Labute approximate surface area is 109 Å². The van der Waals surface area contributed by atoms with E-state index in [4.69, 9.17) is 0 Å². The Bertz CT molecular complexity index is 319. The molecule has 0 aromatic carbocycles. The Morgan fingerprint density at radius 3 is 2.61 bits per heavy atom. The minimum atomic E-state index is -1.03.